The highest BCUT2D eigenvalue weighted by atomic mass is 16.3. The lowest BCUT2D eigenvalue weighted by atomic mass is 9.85. The molecule has 0 saturated carbocycles. The fourth-order valence-corrected chi connectivity index (χ4v) is 6.96. The van der Waals surface area contributed by atoms with Crippen molar-refractivity contribution in [3.05, 3.63) is 104 Å². The first-order valence-electron chi connectivity index (χ1n) is 14.3. The van der Waals surface area contributed by atoms with Crippen LogP contribution in [0.3, 0.4) is 0 Å². The largest absolute Gasteiger partial charge is 0.511 e. The number of fused-ring (bicyclic) bond motifs is 5. The molecule has 5 aliphatic heterocycles. The van der Waals surface area contributed by atoms with E-state index in [-0.39, 0.29) is 5.92 Å². The highest BCUT2D eigenvalue weighted by molar-refractivity contribution is 6.21. The maximum Gasteiger partial charge on any atom is 0.109 e. The third-order valence-electron chi connectivity index (χ3n) is 9.31. The number of aliphatic hydroxyl groups excluding tert-OH is 1. The van der Waals surface area contributed by atoms with Gasteiger partial charge in [-0.1, -0.05) is 46.8 Å². The van der Waals surface area contributed by atoms with Gasteiger partial charge in [-0.05, 0) is 74.1 Å². The van der Waals surface area contributed by atoms with E-state index in [1.54, 1.807) is 0 Å². The number of aliphatic hydroxyl groups is 1. The summed E-state index contributed by atoms with van der Waals surface area (Å²) in [6.45, 7) is 19.3. The predicted molar refractivity (Wildman–Crippen MR) is 162 cm³/mol. The Hall–Kier alpha value is -3.73. The van der Waals surface area contributed by atoms with Crippen molar-refractivity contribution in [3.8, 4) is 0 Å². The minimum atomic E-state index is -0.105. The molecule has 0 aromatic carbocycles. The lowest BCUT2D eigenvalue weighted by Crippen LogP contribution is -2.17. The molecule has 0 spiro atoms. The Morgan fingerprint density at radius 2 is 1.67 bits per heavy atom. The van der Waals surface area contributed by atoms with Gasteiger partial charge >= 0.3 is 0 Å². The van der Waals surface area contributed by atoms with Gasteiger partial charge in [-0.15, -0.1) is 0 Å². The summed E-state index contributed by atoms with van der Waals surface area (Å²) < 4.78 is 0. The smallest absolute Gasteiger partial charge is 0.109 e. The summed E-state index contributed by atoms with van der Waals surface area (Å²) in [6, 6.07) is 0. The summed E-state index contributed by atoms with van der Waals surface area (Å²) in [4.78, 5) is 15.4. The number of nitrogens with one attached hydrogen (secondary N) is 1. The molecular weight excluding hydrogens is 480 g/mol. The van der Waals surface area contributed by atoms with Gasteiger partial charge in [0, 0.05) is 45.9 Å². The molecule has 5 heteroatoms. The van der Waals surface area contributed by atoms with Gasteiger partial charge in [-0.25, -0.2) is 15.0 Å². The maximum atomic E-state index is 11.4. The number of rotatable bonds is 4. The van der Waals surface area contributed by atoms with Crippen LogP contribution in [0.25, 0.3) is 0 Å². The van der Waals surface area contributed by atoms with Crippen LogP contribution in [0, 0.1) is 17.8 Å². The zero-order valence-corrected chi connectivity index (χ0v) is 24.2. The van der Waals surface area contributed by atoms with Crippen LogP contribution in [0.1, 0.15) is 67.7 Å². The molecule has 8 bridgehead atoms. The summed E-state index contributed by atoms with van der Waals surface area (Å²) in [5.74, 6) is 0.941. The van der Waals surface area contributed by atoms with Gasteiger partial charge in [0.25, 0.3) is 0 Å². The van der Waals surface area contributed by atoms with Crippen LogP contribution in [-0.4, -0.2) is 22.2 Å². The molecule has 6 aliphatic rings. The van der Waals surface area contributed by atoms with Crippen LogP contribution in [0.5, 0.6) is 0 Å². The van der Waals surface area contributed by atoms with Crippen molar-refractivity contribution in [2.75, 3.05) is 0 Å². The molecule has 3 atom stereocenters. The van der Waals surface area contributed by atoms with Gasteiger partial charge in [0.05, 0.1) is 34.2 Å². The quantitative estimate of drug-likeness (QED) is 0.397. The Labute approximate surface area is 232 Å². The van der Waals surface area contributed by atoms with Crippen molar-refractivity contribution in [2.45, 2.75) is 67.7 Å². The van der Waals surface area contributed by atoms with Gasteiger partial charge in [-0.3, -0.25) is 0 Å². The van der Waals surface area contributed by atoms with Crippen LogP contribution in [-0.2, 0) is 0 Å². The van der Waals surface area contributed by atoms with E-state index in [0.29, 0.717) is 17.6 Å². The summed E-state index contributed by atoms with van der Waals surface area (Å²) in [6.07, 6.45) is 11.4. The van der Waals surface area contributed by atoms with E-state index in [1.165, 1.54) is 22.5 Å². The van der Waals surface area contributed by atoms with Gasteiger partial charge in [0.1, 0.15) is 5.76 Å². The van der Waals surface area contributed by atoms with Gasteiger partial charge < -0.3 is 10.4 Å². The van der Waals surface area contributed by atoms with E-state index in [0.717, 1.165) is 81.4 Å². The molecular formula is C34H38N4O. The number of hydrogen-bond acceptors (Lipinski definition) is 5. The molecule has 1 aliphatic carbocycles. The van der Waals surface area contributed by atoms with Crippen LogP contribution in [0.4, 0.5) is 0 Å². The first-order chi connectivity index (χ1) is 18.7. The molecule has 1 fully saturated rings. The molecule has 5 heterocycles. The topological polar surface area (TPSA) is 69.3 Å². The molecule has 200 valence electrons. The monoisotopic (exact) mass is 518 g/mol. The van der Waals surface area contributed by atoms with E-state index in [2.05, 4.69) is 78.6 Å². The lowest BCUT2D eigenvalue weighted by Gasteiger charge is -2.19. The van der Waals surface area contributed by atoms with Gasteiger partial charge in [0.2, 0.25) is 0 Å². The molecule has 1 saturated heterocycles. The molecule has 6 rings (SSSR count). The number of nitrogens with zero attached hydrogens (tertiary/aromatic N) is 3. The van der Waals surface area contributed by atoms with Crippen LogP contribution < -0.4 is 5.32 Å². The predicted octanol–water partition coefficient (Wildman–Crippen LogP) is 7.89. The van der Waals surface area contributed by atoms with Crippen molar-refractivity contribution >= 4 is 17.1 Å². The molecule has 0 amide bonds. The zero-order valence-electron chi connectivity index (χ0n) is 24.2. The summed E-state index contributed by atoms with van der Waals surface area (Å²) in [5, 5.41) is 15.2. The van der Waals surface area contributed by atoms with E-state index in [4.69, 9.17) is 15.0 Å². The van der Waals surface area contributed by atoms with Crippen molar-refractivity contribution in [3.63, 3.8) is 0 Å². The highest BCUT2D eigenvalue weighted by Crippen LogP contribution is 2.48. The Morgan fingerprint density at radius 1 is 0.949 bits per heavy atom. The second-order valence-electron chi connectivity index (χ2n) is 11.4. The molecule has 39 heavy (non-hydrogen) atoms. The number of hydrogen-bond donors (Lipinski definition) is 2. The first-order valence-corrected chi connectivity index (χ1v) is 14.3. The third-order valence-corrected chi connectivity index (χ3v) is 9.31. The van der Waals surface area contributed by atoms with Gasteiger partial charge in [0.15, 0.2) is 0 Å². The fraction of sp³-hybridized carbons (Fsp3) is 0.382. The van der Waals surface area contributed by atoms with Crippen LogP contribution in [0.15, 0.2) is 119 Å². The molecule has 2 N–H and O–H groups in total. The number of aliphatic imine (C=N–C) groups is 3. The van der Waals surface area contributed by atoms with Crippen molar-refractivity contribution in [1.82, 2.24) is 5.32 Å². The summed E-state index contributed by atoms with van der Waals surface area (Å²) in [7, 11) is 0. The maximum absolute atomic E-state index is 11.4. The lowest BCUT2D eigenvalue weighted by molar-refractivity contribution is 0.362. The third kappa shape index (κ3) is 3.62. The average Bonchev–Trinajstić information content (AvgIpc) is 3.63. The molecule has 0 aromatic rings. The molecule has 3 unspecified atom stereocenters. The van der Waals surface area contributed by atoms with Crippen LogP contribution >= 0.6 is 0 Å². The van der Waals surface area contributed by atoms with E-state index >= 15 is 0 Å². The van der Waals surface area contributed by atoms with Crippen molar-refractivity contribution in [2.24, 2.45) is 32.7 Å². The Kier molecular flexibility index (Phi) is 6.01. The zero-order chi connectivity index (χ0) is 27.7. The average molecular weight is 519 g/mol. The Morgan fingerprint density at radius 3 is 2.36 bits per heavy atom. The fourth-order valence-electron chi connectivity index (χ4n) is 6.96. The normalized spacial score (nSPS) is 27.7. The minimum Gasteiger partial charge on any atom is -0.511 e. The summed E-state index contributed by atoms with van der Waals surface area (Å²) >= 11 is 0. The SMILES string of the molecule is C=CC1=C(C)C2=NC1=CC1=NC(=CC3=C(C)C4=C(O)C(C)C(=C5NC(=C2)C(C)C5CCC)C4=N3)C(CC)=C1C. The highest BCUT2D eigenvalue weighted by Gasteiger charge is 2.44. The van der Waals surface area contributed by atoms with Crippen molar-refractivity contribution < 1.29 is 5.11 Å². The molecule has 0 aromatic heterocycles. The van der Waals surface area contributed by atoms with Crippen LogP contribution in [0.2, 0.25) is 0 Å². The van der Waals surface area contributed by atoms with Gasteiger partial charge in [-0.2, -0.15) is 0 Å². The first kappa shape index (κ1) is 25.5. The number of allylic oxidation sites excluding steroid dienone is 12. The Bertz CT molecular complexity index is 1590. The van der Waals surface area contributed by atoms with E-state index in [1.807, 2.05) is 6.08 Å². The molecule has 0 radical (unpaired) electrons. The Balaban J connectivity index is 1.66. The second kappa shape index (κ2) is 9.18. The minimum absolute atomic E-state index is 0.105. The van der Waals surface area contributed by atoms with E-state index in [9.17, 15) is 5.11 Å². The van der Waals surface area contributed by atoms with Crippen molar-refractivity contribution in [1.29, 1.82) is 0 Å². The van der Waals surface area contributed by atoms with E-state index < -0.39 is 0 Å². The second-order valence-corrected chi connectivity index (χ2v) is 11.4. The molecule has 5 nitrogen and oxygen atoms in total. The summed E-state index contributed by atoms with van der Waals surface area (Å²) in [5.41, 5.74) is 15.5. The standard InChI is InChI=1S/C34H38N4O/c1-9-12-23-18(6)26-13-24-16(4)21(10-2)28(35-24)14-25-17(5)22(11-3)29(36-25)15-27-19(7)31-33(38-27)30(32(23)37-26)20(8)34(31)39/h10,13-15,18,20,23,37,39H,2,9,11-12H2,1,3-8H3.